The predicted molar refractivity (Wildman–Crippen MR) is 62.7 cm³/mol. The Hall–Kier alpha value is -1.81. The Kier molecular flexibility index (Phi) is 2.92. The second-order valence-corrected chi connectivity index (χ2v) is 3.68. The zero-order valence-electron chi connectivity index (χ0n) is 9.42. The van der Waals surface area contributed by atoms with Crippen molar-refractivity contribution in [1.29, 1.82) is 0 Å². The third-order valence-corrected chi connectivity index (χ3v) is 2.47. The summed E-state index contributed by atoms with van der Waals surface area (Å²) in [6, 6.07) is 7.75. The van der Waals surface area contributed by atoms with Crippen LogP contribution in [0.3, 0.4) is 0 Å². The van der Waals surface area contributed by atoms with Crippen molar-refractivity contribution < 1.29 is 4.74 Å². The van der Waals surface area contributed by atoms with Crippen LogP contribution in [0.1, 0.15) is 18.7 Å². The number of methoxy groups -OCH3 is 1. The summed E-state index contributed by atoms with van der Waals surface area (Å²) >= 11 is 0. The van der Waals surface area contributed by atoms with Gasteiger partial charge in [0.15, 0.2) is 0 Å². The highest BCUT2D eigenvalue weighted by Crippen LogP contribution is 2.20. The van der Waals surface area contributed by atoms with Crippen LogP contribution in [0.4, 0.5) is 0 Å². The van der Waals surface area contributed by atoms with Gasteiger partial charge in [-0.25, -0.2) is 4.98 Å². The molecule has 0 aliphatic heterocycles. The van der Waals surface area contributed by atoms with E-state index < -0.39 is 0 Å². The fraction of sp³-hybridized carbons (Fsp3) is 0.250. The number of benzene rings is 1. The van der Waals surface area contributed by atoms with Gasteiger partial charge in [-0.2, -0.15) is 0 Å². The molecule has 2 N–H and O–H groups in total. The second-order valence-electron chi connectivity index (χ2n) is 3.68. The van der Waals surface area contributed by atoms with Crippen molar-refractivity contribution in [3.63, 3.8) is 0 Å². The molecule has 1 aromatic carbocycles. The van der Waals surface area contributed by atoms with E-state index in [9.17, 15) is 0 Å². The third kappa shape index (κ3) is 1.92. The fourth-order valence-corrected chi connectivity index (χ4v) is 1.62. The van der Waals surface area contributed by atoms with Gasteiger partial charge in [-0.15, -0.1) is 0 Å². The van der Waals surface area contributed by atoms with Gasteiger partial charge in [0.2, 0.25) is 0 Å². The highest BCUT2D eigenvalue weighted by molar-refractivity contribution is 5.40. The highest BCUT2D eigenvalue weighted by atomic mass is 16.5. The maximum Gasteiger partial charge on any atom is 0.120 e. The van der Waals surface area contributed by atoms with Gasteiger partial charge in [0.05, 0.1) is 31.0 Å². The third-order valence-electron chi connectivity index (χ3n) is 2.47. The van der Waals surface area contributed by atoms with Crippen molar-refractivity contribution >= 4 is 0 Å². The summed E-state index contributed by atoms with van der Waals surface area (Å²) in [5.41, 5.74) is 7.86. The van der Waals surface area contributed by atoms with E-state index in [-0.39, 0.29) is 6.04 Å². The number of hydrogen-bond acceptors (Lipinski definition) is 3. The van der Waals surface area contributed by atoms with Crippen molar-refractivity contribution in [1.82, 2.24) is 9.55 Å². The summed E-state index contributed by atoms with van der Waals surface area (Å²) < 4.78 is 7.15. The molecule has 0 bridgehead atoms. The lowest BCUT2D eigenvalue weighted by Crippen LogP contribution is -2.10. The van der Waals surface area contributed by atoms with Crippen LogP contribution >= 0.6 is 0 Å². The quantitative estimate of drug-likeness (QED) is 0.854. The zero-order valence-corrected chi connectivity index (χ0v) is 9.42. The van der Waals surface area contributed by atoms with E-state index in [1.165, 1.54) is 0 Å². The average molecular weight is 217 g/mol. The van der Waals surface area contributed by atoms with Crippen LogP contribution in [0.25, 0.3) is 5.69 Å². The number of nitrogens with two attached hydrogens (primary N) is 1. The van der Waals surface area contributed by atoms with Crippen molar-refractivity contribution in [3.05, 3.63) is 42.5 Å². The molecule has 0 spiro atoms. The first-order chi connectivity index (χ1) is 7.72. The number of nitrogens with zero attached hydrogens (tertiary/aromatic N) is 2. The largest absolute Gasteiger partial charge is 0.497 e. The van der Waals surface area contributed by atoms with Crippen LogP contribution in [0, 0.1) is 0 Å². The Morgan fingerprint density at radius 1 is 1.44 bits per heavy atom. The van der Waals surface area contributed by atoms with Crippen molar-refractivity contribution in [2.24, 2.45) is 5.73 Å². The van der Waals surface area contributed by atoms with Gasteiger partial charge in [-0.1, -0.05) is 6.07 Å². The van der Waals surface area contributed by atoms with Gasteiger partial charge in [-0.05, 0) is 19.1 Å². The first-order valence-corrected chi connectivity index (χ1v) is 5.14. The lowest BCUT2D eigenvalue weighted by molar-refractivity contribution is 0.414. The molecule has 1 aromatic heterocycles. The number of ether oxygens (including phenoxy) is 1. The molecular weight excluding hydrogens is 202 g/mol. The van der Waals surface area contributed by atoms with Gasteiger partial charge in [0.25, 0.3) is 0 Å². The van der Waals surface area contributed by atoms with Gasteiger partial charge in [0, 0.05) is 12.1 Å². The zero-order chi connectivity index (χ0) is 11.5. The normalized spacial score (nSPS) is 12.4. The molecule has 0 saturated heterocycles. The van der Waals surface area contributed by atoms with Gasteiger partial charge in [0.1, 0.15) is 5.75 Å². The molecule has 4 heteroatoms. The summed E-state index contributed by atoms with van der Waals surface area (Å²) in [5.74, 6) is 0.821. The summed E-state index contributed by atoms with van der Waals surface area (Å²) in [6.07, 6.45) is 3.54. The molecule has 84 valence electrons. The molecule has 16 heavy (non-hydrogen) atoms. The van der Waals surface area contributed by atoms with Crippen LogP contribution in [0.5, 0.6) is 5.75 Å². The first-order valence-electron chi connectivity index (χ1n) is 5.14. The van der Waals surface area contributed by atoms with E-state index in [4.69, 9.17) is 10.5 Å². The maximum absolute atomic E-state index is 5.87. The Morgan fingerprint density at radius 3 is 2.94 bits per heavy atom. The molecule has 0 amide bonds. The molecule has 4 nitrogen and oxygen atoms in total. The number of hydrogen-bond donors (Lipinski definition) is 1. The number of aromatic nitrogens is 2. The smallest absolute Gasteiger partial charge is 0.120 e. The average Bonchev–Trinajstić information content (AvgIpc) is 2.78. The van der Waals surface area contributed by atoms with E-state index in [1.807, 2.05) is 35.8 Å². The van der Waals surface area contributed by atoms with Gasteiger partial charge < -0.3 is 15.0 Å². The Bertz CT molecular complexity index is 477. The predicted octanol–water partition coefficient (Wildman–Crippen LogP) is 1.90. The summed E-state index contributed by atoms with van der Waals surface area (Å²) in [5, 5.41) is 0. The standard InChI is InChI=1S/C12H15N3O/c1-9(13)12-7-14-8-15(12)10-4-3-5-11(6-10)16-2/h3-9H,13H2,1-2H3/t9-/m0/s1. The minimum Gasteiger partial charge on any atom is -0.497 e. The molecule has 2 aromatic rings. The Labute approximate surface area is 94.7 Å². The molecule has 1 atom stereocenters. The van der Waals surface area contributed by atoms with Crippen LogP contribution < -0.4 is 10.5 Å². The van der Waals surface area contributed by atoms with E-state index in [0.717, 1.165) is 17.1 Å². The van der Waals surface area contributed by atoms with Gasteiger partial charge in [-0.3, -0.25) is 0 Å². The van der Waals surface area contributed by atoms with E-state index >= 15 is 0 Å². The molecular formula is C12H15N3O. The molecule has 1 heterocycles. The summed E-state index contributed by atoms with van der Waals surface area (Å²) in [4.78, 5) is 4.12. The summed E-state index contributed by atoms with van der Waals surface area (Å²) in [7, 11) is 1.65. The lowest BCUT2D eigenvalue weighted by atomic mass is 10.2. The minimum atomic E-state index is -0.0475. The van der Waals surface area contributed by atoms with Crippen molar-refractivity contribution in [3.8, 4) is 11.4 Å². The van der Waals surface area contributed by atoms with Crippen LogP contribution in [0.2, 0.25) is 0 Å². The SMILES string of the molecule is COc1cccc(-n2cncc2[C@H](C)N)c1. The maximum atomic E-state index is 5.87. The lowest BCUT2D eigenvalue weighted by Gasteiger charge is -2.11. The Morgan fingerprint density at radius 2 is 2.25 bits per heavy atom. The molecule has 0 aliphatic rings. The van der Waals surface area contributed by atoms with Crippen LogP contribution in [-0.2, 0) is 0 Å². The van der Waals surface area contributed by atoms with Gasteiger partial charge >= 0.3 is 0 Å². The van der Waals surface area contributed by atoms with Crippen LogP contribution in [0.15, 0.2) is 36.8 Å². The molecule has 0 saturated carbocycles. The van der Waals surface area contributed by atoms with E-state index in [0.29, 0.717) is 0 Å². The fourth-order valence-electron chi connectivity index (χ4n) is 1.62. The first kappa shape index (κ1) is 10.7. The molecule has 0 aliphatic carbocycles. The number of imidazole rings is 1. The van der Waals surface area contributed by atoms with Crippen molar-refractivity contribution in [2.45, 2.75) is 13.0 Å². The molecule has 0 radical (unpaired) electrons. The highest BCUT2D eigenvalue weighted by Gasteiger charge is 2.08. The Balaban J connectivity index is 2.46. The van der Waals surface area contributed by atoms with E-state index in [1.54, 1.807) is 19.6 Å². The number of rotatable bonds is 3. The van der Waals surface area contributed by atoms with E-state index in [2.05, 4.69) is 4.98 Å². The monoisotopic (exact) mass is 217 g/mol. The van der Waals surface area contributed by atoms with Crippen LogP contribution in [-0.4, -0.2) is 16.7 Å². The summed E-state index contributed by atoms with van der Waals surface area (Å²) in [6.45, 7) is 1.94. The molecule has 0 fully saturated rings. The van der Waals surface area contributed by atoms with Crippen molar-refractivity contribution in [2.75, 3.05) is 7.11 Å². The second kappa shape index (κ2) is 4.37. The topological polar surface area (TPSA) is 53.1 Å². The molecule has 0 unspecified atom stereocenters. The minimum absolute atomic E-state index is 0.0475. The molecule has 2 rings (SSSR count).